The van der Waals surface area contributed by atoms with Gasteiger partial charge in [0.05, 0.1) is 31.0 Å². The Labute approximate surface area is 204 Å². The molecule has 1 saturated carbocycles. The summed E-state index contributed by atoms with van der Waals surface area (Å²) in [6.07, 6.45) is 5.43. The molecule has 2 heterocycles. The Balaban J connectivity index is 1.51. The largest absolute Gasteiger partial charge is 0.497 e. The van der Waals surface area contributed by atoms with E-state index in [9.17, 15) is 14.9 Å². The van der Waals surface area contributed by atoms with Gasteiger partial charge in [-0.05, 0) is 48.7 Å². The predicted molar refractivity (Wildman–Crippen MR) is 132 cm³/mol. The van der Waals surface area contributed by atoms with E-state index in [0.717, 1.165) is 42.5 Å². The fourth-order valence-corrected chi connectivity index (χ4v) is 6.75. The number of urea groups is 1. The maximum atomic E-state index is 14.1. The van der Waals surface area contributed by atoms with Crippen LogP contribution in [0.2, 0.25) is 0 Å². The number of anilines is 1. The first kappa shape index (κ1) is 22.6. The maximum absolute atomic E-state index is 14.1. The molecule has 2 aromatic carbocycles. The van der Waals surface area contributed by atoms with Gasteiger partial charge in [0, 0.05) is 23.9 Å². The summed E-state index contributed by atoms with van der Waals surface area (Å²) in [7, 11) is 1.60. The topological polar surface area (TPSA) is 85.7 Å². The number of rotatable bonds is 4. The molecule has 0 bridgehead atoms. The maximum Gasteiger partial charge on any atom is 0.319 e. The van der Waals surface area contributed by atoms with E-state index in [1.165, 1.54) is 18.2 Å². The number of ether oxygens (including phenoxy) is 1. The number of carbonyl (C=O) groups excluding carboxylic acids is 2. The summed E-state index contributed by atoms with van der Waals surface area (Å²) >= 11 is 1.51. The Morgan fingerprint density at radius 3 is 2.82 bits per heavy atom. The van der Waals surface area contributed by atoms with Crippen LogP contribution in [0.4, 0.5) is 10.5 Å². The molecule has 1 N–H and O–H groups in total. The molecule has 1 spiro atoms. The second kappa shape index (κ2) is 9.22. The number of nitriles is 1. The number of methoxy groups -OCH3 is 1. The molecule has 3 aliphatic rings. The number of carbonyl (C=O) groups is 2. The van der Waals surface area contributed by atoms with Gasteiger partial charge >= 0.3 is 6.03 Å². The van der Waals surface area contributed by atoms with Crippen molar-refractivity contribution in [1.82, 2.24) is 10.2 Å². The van der Waals surface area contributed by atoms with Crippen LogP contribution in [0.1, 0.15) is 48.8 Å². The first-order chi connectivity index (χ1) is 16.6. The summed E-state index contributed by atoms with van der Waals surface area (Å²) < 4.78 is 5.48. The number of hydrogen-bond donors (Lipinski definition) is 1. The smallest absolute Gasteiger partial charge is 0.319 e. The number of thioether (sulfide) groups is 1. The first-order valence-corrected chi connectivity index (χ1v) is 12.8. The number of benzene rings is 2. The Bertz CT molecular complexity index is 1160. The average molecular weight is 477 g/mol. The average Bonchev–Trinajstić information content (AvgIpc) is 3.41. The van der Waals surface area contributed by atoms with E-state index in [4.69, 9.17) is 4.74 Å². The molecule has 5 rings (SSSR count). The molecule has 1 atom stereocenters. The summed E-state index contributed by atoms with van der Waals surface area (Å²) in [6, 6.07) is 15.1. The van der Waals surface area contributed by atoms with Crippen molar-refractivity contribution in [2.24, 2.45) is 0 Å². The molecule has 2 aliphatic heterocycles. The zero-order valence-corrected chi connectivity index (χ0v) is 20.1. The van der Waals surface area contributed by atoms with Crippen LogP contribution in [0.15, 0.2) is 42.5 Å². The minimum absolute atomic E-state index is 0.126. The lowest BCUT2D eigenvalue weighted by Gasteiger charge is -2.35. The minimum Gasteiger partial charge on any atom is -0.497 e. The zero-order valence-electron chi connectivity index (χ0n) is 19.3. The Morgan fingerprint density at radius 1 is 1.24 bits per heavy atom. The van der Waals surface area contributed by atoms with E-state index in [1.807, 2.05) is 30.3 Å². The third kappa shape index (κ3) is 3.78. The van der Waals surface area contributed by atoms with Crippen LogP contribution in [0.3, 0.4) is 0 Å². The fraction of sp³-hybridized carbons (Fsp3) is 0.423. The van der Waals surface area contributed by atoms with Crippen molar-refractivity contribution in [3.63, 3.8) is 0 Å². The van der Waals surface area contributed by atoms with Gasteiger partial charge in [-0.15, -0.1) is 11.8 Å². The summed E-state index contributed by atoms with van der Waals surface area (Å²) in [5.41, 5.74) is 2.98. The number of amides is 3. The molecule has 0 radical (unpaired) electrons. The lowest BCUT2D eigenvalue weighted by atomic mass is 9.95. The van der Waals surface area contributed by atoms with E-state index in [0.29, 0.717) is 30.2 Å². The van der Waals surface area contributed by atoms with Crippen LogP contribution in [0.25, 0.3) is 0 Å². The van der Waals surface area contributed by atoms with Gasteiger partial charge < -0.3 is 15.0 Å². The molecular formula is C26H28N4O3S. The van der Waals surface area contributed by atoms with Crippen LogP contribution in [0.5, 0.6) is 5.75 Å². The standard InChI is InChI=1S/C26H28N4O3S/c1-33-21-10-11-23-22(15-21)26(24(31)29(23)17-19-7-5-6-18(14-19)16-27)30(12-13-34-26)25(32)28-20-8-3-2-4-9-20/h5-7,10-11,14-15,20H,2-4,8-9,12-13,17H2,1H3,(H,28,32)/t26-/m0/s1. The van der Waals surface area contributed by atoms with Crippen molar-refractivity contribution in [3.8, 4) is 11.8 Å². The summed E-state index contributed by atoms with van der Waals surface area (Å²) in [6.45, 7) is 0.831. The van der Waals surface area contributed by atoms with Crippen molar-refractivity contribution in [3.05, 3.63) is 59.2 Å². The molecule has 0 aromatic heterocycles. The van der Waals surface area contributed by atoms with Gasteiger partial charge in [0.2, 0.25) is 0 Å². The normalized spacial score (nSPS) is 22.1. The molecule has 2 aromatic rings. The molecule has 0 unspecified atom stereocenters. The minimum atomic E-state index is -1.12. The van der Waals surface area contributed by atoms with Gasteiger partial charge in [0.25, 0.3) is 5.91 Å². The number of hydrogen-bond acceptors (Lipinski definition) is 5. The van der Waals surface area contributed by atoms with Gasteiger partial charge in [-0.3, -0.25) is 9.69 Å². The lowest BCUT2D eigenvalue weighted by Crippen LogP contribution is -2.55. The SMILES string of the molecule is COc1ccc2c(c1)[C@]1(SCCN1C(=O)NC1CCCCC1)C(=O)N2Cc1cccc(C#N)c1. The number of fused-ring (bicyclic) bond motifs is 2. The fourth-order valence-electron chi connectivity index (χ4n) is 5.30. The summed E-state index contributed by atoms with van der Waals surface area (Å²) in [5.74, 6) is 1.21. The third-order valence-electron chi connectivity index (χ3n) is 6.98. The predicted octanol–water partition coefficient (Wildman–Crippen LogP) is 4.36. The lowest BCUT2D eigenvalue weighted by molar-refractivity contribution is -0.123. The first-order valence-electron chi connectivity index (χ1n) is 11.8. The molecular weight excluding hydrogens is 448 g/mol. The highest BCUT2D eigenvalue weighted by Crippen LogP contribution is 2.55. The highest BCUT2D eigenvalue weighted by atomic mass is 32.2. The molecule has 176 valence electrons. The highest BCUT2D eigenvalue weighted by molar-refractivity contribution is 8.01. The van der Waals surface area contributed by atoms with E-state index in [1.54, 1.807) is 29.0 Å². The van der Waals surface area contributed by atoms with E-state index < -0.39 is 4.87 Å². The van der Waals surface area contributed by atoms with Crippen molar-refractivity contribution in [2.45, 2.75) is 49.6 Å². The Morgan fingerprint density at radius 2 is 2.06 bits per heavy atom. The Kier molecular flexibility index (Phi) is 6.13. The van der Waals surface area contributed by atoms with Gasteiger partial charge in [0.15, 0.2) is 4.87 Å². The van der Waals surface area contributed by atoms with E-state index in [-0.39, 0.29) is 18.0 Å². The number of nitrogens with zero attached hydrogens (tertiary/aromatic N) is 3. The second-order valence-corrected chi connectivity index (χ2v) is 10.3. The zero-order chi connectivity index (χ0) is 23.7. The van der Waals surface area contributed by atoms with Gasteiger partial charge in [-0.1, -0.05) is 31.4 Å². The highest BCUT2D eigenvalue weighted by Gasteiger charge is 2.59. The summed E-state index contributed by atoms with van der Waals surface area (Å²) in [4.78, 5) is 30.0. The molecule has 2 fully saturated rings. The van der Waals surface area contributed by atoms with Gasteiger partial charge in [0.1, 0.15) is 5.75 Å². The van der Waals surface area contributed by atoms with Crippen molar-refractivity contribution < 1.29 is 14.3 Å². The Hall–Kier alpha value is -3.18. The van der Waals surface area contributed by atoms with Crippen LogP contribution in [-0.4, -0.2) is 42.3 Å². The van der Waals surface area contributed by atoms with Crippen molar-refractivity contribution in [1.29, 1.82) is 5.26 Å². The van der Waals surface area contributed by atoms with Crippen molar-refractivity contribution >= 4 is 29.4 Å². The monoisotopic (exact) mass is 476 g/mol. The summed E-state index contributed by atoms with van der Waals surface area (Å²) in [5, 5.41) is 12.5. The van der Waals surface area contributed by atoms with Gasteiger partial charge in [-0.25, -0.2) is 4.79 Å². The van der Waals surface area contributed by atoms with Crippen LogP contribution < -0.4 is 15.0 Å². The van der Waals surface area contributed by atoms with Crippen molar-refractivity contribution in [2.75, 3.05) is 24.3 Å². The second-order valence-electron chi connectivity index (χ2n) is 9.02. The van der Waals surface area contributed by atoms with Gasteiger partial charge in [-0.2, -0.15) is 5.26 Å². The van der Waals surface area contributed by atoms with E-state index >= 15 is 0 Å². The van der Waals surface area contributed by atoms with Crippen LogP contribution in [-0.2, 0) is 16.2 Å². The molecule has 1 aliphatic carbocycles. The molecule has 8 heteroatoms. The number of nitrogens with one attached hydrogen (secondary N) is 1. The molecule has 34 heavy (non-hydrogen) atoms. The third-order valence-corrected chi connectivity index (χ3v) is 8.39. The van der Waals surface area contributed by atoms with Crippen LogP contribution >= 0.6 is 11.8 Å². The molecule has 7 nitrogen and oxygen atoms in total. The molecule has 3 amide bonds. The van der Waals surface area contributed by atoms with E-state index in [2.05, 4.69) is 11.4 Å². The quantitative estimate of drug-likeness (QED) is 0.709. The molecule has 1 saturated heterocycles. The van der Waals surface area contributed by atoms with Crippen LogP contribution in [0, 0.1) is 11.3 Å².